The monoisotopic (exact) mass is 605 g/mol. The van der Waals surface area contributed by atoms with Crippen molar-refractivity contribution in [3.05, 3.63) is 87.0 Å². The van der Waals surface area contributed by atoms with Crippen molar-refractivity contribution in [3.8, 4) is 17.2 Å². The Balaban J connectivity index is 1.18. The van der Waals surface area contributed by atoms with E-state index in [9.17, 15) is 9.59 Å². The zero-order valence-electron chi connectivity index (χ0n) is 26.8. The van der Waals surface area contributed by atoms with Gasteiger partial charge in [-0.2, -0.15) is 0 Å². The van der Waals surface area contributed by atoms with Crippen molar-refractivity contribution in [3.63, 3.8) is 0 Å². The van der Waals surface area contributed by atoms with Crippen molar-refractivity contribution in [2.24, 2.45) is 9.98 Å². The summed E-state index contributed by atoms with van der Waals surface area (Å²) < 4.78 is 13.4. The van der Waals surface area contributed by atoms with Crippen LogP contribution >= 0.6 is 0 Å². The number of rotatable bonds is 8. The van der Waals surface area contributed by atoms with Crippen molar-refractivity contribution in [1.82, 2.24) is 14.5 Å². The Morgan fingerprint density at radius 2 is 1.91 bits per heavy atom. The van der Waals surface area contributed by atoms with Gasteiger partial charge in [-0.25, -0.2) is 4.98 Å². The summed E-state index contributed by atoms with van der Waals surface area (Å²) in [4.78, 5) is 43.0. The minimum atomic E-state index is -0.130. The van der Waals surface area contributed by atoms with Gasteiger partial charge in [0.15, 0.2) is 0 Å². The van der Waals surface area contributed by atoms with Gasteiger partial charge in [0.1, 0.15) is 23.9 Å². The van der Waals surface area contributed by atoms with Crippen LogP contribution in [0, 0.1) is 20.8 Å². The molecule has 9 nitrogen and oxygen atoms in total. The fourth-order valence-corrected chi connectivity index (χ4v) is 6.43. The van der Waals surface area contributed by atoms with Crippen LogP contribution in [0.3, 0.4) is 0 Å². The summed E-state index contributed by atoms with van der Waals surface area (Å²) in [6, 6.07) is 15.2. The second-order valence-electron chi connectivity index (χ2n) is 12.1. The van der Waals surface area contributed by atoms with Crippen LogP contribution in [0.4, 0.5) is 5.69 Å². The number of benzene rings is 3. The van der Waals surface area contributed by atoms with E-state index in [0.717, 1.165) is 47.5 Å². The lowest BCUT2D eigenvalue weighted by Crippen LogP contribution is -2.35. The number of carbonyl (C=O) groups excluding carboxylic acids is 1. The fourth-order valence-electron chi connectivity index (χ4n) is 6.43. The molecule has 2 aliphatic rings. The average Bonchev–Trinajstić information content (AvgIpc) is 3.44. The largest absolute Gasteiger partial charge is 0.496 e. The van der Waals surface area contributed by atoms with E-state index < -0.39 is 0 Å². The van der Waals surface area contributed by atoms with E-state index in [4.69, 9.17) is 19.5 Å². The highest BCUT2D eigenvalue weighted by Gasteiger charge is 2.32. The van der Waals surface area contributed by atoms with Crippen LogP contribution in [0.25, 0.3) is 16.6 Å². The highest BCUT2D eigenvalue weighted by Crippen LogP contribution is 2.35. The first kappa shape index (κ1) is 30.2. The molecule has 2 unspecified atom stereocenters. The molecule has 45 heavy (non-hydrogen) atoms. The molecule has 1 saturated heterocycles. The number of aromatic nitrogens is 2. The number of aliphatic imine (C=N–C) groups is 2. The molecular weight excluding hydrogens is 566 g/mol. The summed E-state index contributed by atoms with van der Waals surface area (Å²) in [5.74, 6) is 1.89. The molecule has 3 aromatic carbocycles. The molecule has 2 aliphatic heterocycles. The Kier molecular flexibility index (Phi) is 8.27. The standard InChI is InChI=1S/C36H39N5O4/c1-21-9-12-33(22(2)14-21)41-25(5)39-31-11-10-28(17-29(31)36(41)43)45-20-24(4)38-23(3)15-26-16-32-30(18-34(26)44-6)35(42)40-13-7-8-27(40)19-37-32/h9-12,14,16-19,23,27H,7-8,13,15,20H2,1-6H3. The average molecular weight is 606 g/mol. The Morgan fingerprint density at radius 3 is 2.69 bits per heavy atom. The van der Waals surface area contributed by atoms with Crippen molar-refractivity contribution in [2.45, 2.75) is 66.0 Å². The Morgan fingerprint density at radius 1 is 1.09 bits per heavy atom. The number of aryl methyl sites for hydroxylation is 3. The second-order valence-corrected chi connectivity index (χ2v) is 12.1. The molecule has 1 fully saturated rings. The van der Waals surface area contributed by atoms with Gasteiger partial charge in [-0.05, 0) is 101 Å². The van der Waals surface area contributed by atoms with Gasteiger partial charge < -0.3 is 14.4 Å². The van der Waals surface area contributed by atoms with Crippen LogP contribution in [0.15, 0.2) is 63.3 Å². The van der Waals surface area contributed by atoms with Crippen molar-refractivity contribution in [2.75, 3.05) is 20.3 Å². The number of hydrogen-bond donors (Lipinski definition) is 0. The molecule has 0 N–H and O–H groups in total. The van der Waals surface area contributed by atoms with Gasteiger partial charge in [0, 0.05) is 18.5 Å². The zero-order chi connectivity index (χ0) is 31.8. The lowest BCUT2D eigenvalue weighted by atomic mass is 10.0. The second kappa shape index (κ2) is 12.3. The van der Waals surface area contributed by atoms with Crippen LogP contribution < -0.4 is 15.0 Å². The van der Waals surface area contributed by atoms with Gasteiger partial charge in [0.05, 0.1) is 47.0 Å². The highest BCUT2D eigenvalue weighted by molar-refractivity contribution is 6.03. The Labute approximate surface area is 263 Å². The summed E-state index contributed by atoms with van der Waals surface area (Å²) in [6.45, 7) is 10.9. The molecule has 9 heteroatoms. The van der Waals surface area contributed by atoms with Gasteiger partial charge in [0.25, 0.3) is 11.5 Å². The number of amides is 1. The number of ether oxygens (including phenoxy) is 2. The number of fused-ring (bicyclic) bond motifs is 3. The molecule has 2 atom stereocenters. The van der Waals surface area contributed by atoms with E-state index in [1.165, 1.54) is 0 Å². The third-order valence-corrected chi connectivity index (χ3v) is 8.58. The molecule has 0 bridgehead atoms. The quantitative estimate of drug-likeness (QED) is 0.226. The first-order valence-corrected chi connectivity index (χ1v) is 15.5. The van der Waals surface area contributed by atoms with Gasteiger partial charge in [-0.3, -0.25) is 24.1 Å². The van der Waals surface area contributed by atoms with Gasteiger partial charge >= 0.3 is 0 Å². The van der Waals surface area contributed by atoms with Crippen LogP contribution in [0.5, 0.6) is 11.5 Å². The van der Waals surface area contributed by atoms with Crippen LogP contribution in [0.2, 0.25) is 0 Å². The summed E-state index contributed by atoms with van der Waals surface area (Å²) in [7, 11) is 1.62. The van der Waals surface area contributed by atoms with E-state index in [1.54, 1.807) is 17.7 Å². The Hall–Kier alpha value is -4.79. The molecule has 0 spiro atoms. The molecule has 232 valence electrons. The van der Waals surface area contributed by atoms with Crippen molar-refractivity contribution >= 4 is 34.4 Å². The van der Waals surface area contributed by atoms with Crippen LogP contribution in [0.1, 0.15) is 59.6 Å². The van der Waals surface area contributed by atoms with Crippen molar-refractivity contribution < 1.29 is 14.3 Å². The number of hydrogen-bond acceptors (Lipinski definition) is 7. The molecule has 0 aliphatic carbocycles. The first-order valence-electron chi connectivity index (χ1n) is 15.5. The number of carbonyl (C=O) groups is 1. The fraction of sp³-hybridized carbons (Fsp3) is 0.361. The van der Waals surface area contributed by atoms with E-state index in [2.05, 4.69) is 11.1 Å². The number of nitrogens with zero attached hydrogens (tertiary/aromatic N) is 5. The first-order chi connectivity index (χ1) is 21.6. The minimum Gasteiger partial charge on any atom is -0.496 e. The van der Waals surface area contributed by atoms with E-state index >= 15 is 0 Å². The van der Waals surface area contributed by atoms with Gasteiger partial charge in [-0.15, -0.1) is 0 Å². The summed E-state index contributed by atoms with van der Waals surface area (Å²) >= 11 is 0. The molecule has 1 amide bonds. The molecular formula is C36H39N5O4. The molecule has 0 saturated carbocycles. The molecule has 0 radical (unpaired) electrons. The molecule has 4 aromatic rings. The maximum absolute atomic E-state index is 13.6. The molecule has 6 rings (SSSR count). The summed E-state index contributed by atoms with van der Waals surface area (Å²) in [6.07, 6.45) is 4.46. The van der Waals surface area contributed by atoms with E-state index in [0.29, 0.717) is 45.9 Å². The van der Waals surface area contributed by atoms with Crippen molar-refractivity contribution in [1.29, 1.82) is 0 Å². The smallest absolute Gasteiger partial charge is 0.266 e. The topological polar surface area (TPSA) is 98.4 Å². The van der Waals surface area contributed by atoms with Crippen LogP contribution in [-0.2, 0) is 6.42 Å². The number of methoxy groups -OCH3 is 1. The van der Waals surface area contributed by atoms with E-state index in [-0.39, 0.29) is 30.2 Å². The lowest BCUT2D eigenvalue weighted by Gasteiger charge is -2.20. The van der Waals surface area contributed by atoms with Gasteiger partial charge in [-0.1, -0.05) is 17.7 Å². The minimum absolute atomic E-state index is 0.0118. The third kappa shape index (κ3) is 5.99. The molecule has 3 heterocycles. The van der Waals surface area contributed by atoms with Gasteiger partial charge in [0.2, 0.25) is 0 Å². The predicted octanol–water partition coefficient (Wildman–Crippen LogP) is 6.11. The lowest BCUT2D eigenvalue weighted by molar-refractivity contribution is 0.0774. The highest BCUT2D eigenvalue weighted by atomic mass is 16.5. The van der Waals surface area contributed by atoms with E-state index in [1.807, 2.05) is 82.1 Å². The SMILES string of the molecule is COc1cc2c(cc1CC(C)N=C(C)COc1ccc3nc(C)n(-c4ccc(C)cc4C)c(=O)c3c1)N=CC1CCCN1C2=O. The zero-order valence-corrected chi connectivity index (χ0v) is 26.8. The van der Waals surface area contributed by atoms with Crippen LogP contribution in [-0.4, -0.2) is 64.6 Å². The predicted molar refractivity (Wildman–Crippen MR) is 179 cm³/mol. The maximum Gasteiger partial charge on any atom is 0.266 e. The third-order valence-electron chi connectivity index (χ3n) is 8.58. The molecule has 1 aromatic heterocycles. The maximum atomic E-state index is 13.6. The summed E-state index contributed by atoms with van der Waals surface area (Å²) in [5.41, 5.74) is 6.51. The summed E-state index contributed by atoms with van der Waals surface area (Å²) in [5, 5.41) is 0.498. The Bertz CT molecular complexity index is 1930. The normalized spacial score (nSPS) is 16.8.